The second-order valence-electron chi connectivity index (χ2n) is 4.27. The molecule has 0 atom stereocenters. The van der Waals surface area contributed by atoms with Crippen molar-refractivity contribution < 1.29 is 0 Å². The third-order valence-electron chi connectivity index (χ3n) is 2.68. The van der Waals surface area contributed by atoms with Gasteiger partial charge in [0.15, 0.2) is 0 Å². The van der Waals surface area contributed by atoms with Gasteiger partial charge in [0.25, 0.3) is 5.56 Å². The first-order valence-corrected chi connectivity index (χ1v) is 7.04. The third kappa shape index (κ3) is 3.77. The molecule has 2 N–H and O–H groups in total. The van der Waals surface area contributed by atoms with Crippen LogP contribution in [0.5, 0.6) is 0 Å². The molecule has 0 spiro atoms. The highest BCUT2D eigenvalue weighted by molar-refractivity contribution is 9.10. The van der Waals surface area contributed by atoms with Gasteiger partial charge in [-0.15, -0.1) is 0 Å². The molecular formula is C14H15BrN4O. The fourth-order valence-electron chi connectivity index (χ4n) is 1.74. The molecule has 0 unspecified atom stereocenters. The Bertz CT molecular complexity index is 676. The van der Waals surface area contributed by atoms with E-state index in [-0.39, 0.29) is 5.56 Å². The molecule has 104 valence electrons. The smallest absolute Gasteiger partial charge is 0.252 e. The molecule has 0 bridgehead atoms. The van der Waals surface area contributed by atoms with Gasteiger partial charge in [-0.05, 0) is 31.0 Å². The summed E-state index contributed by atoms with van der Waals surface area (Å²) in [6.45, 7) is 3.79. The van der Waals surface area contributed by atoms with Crippen molar-refractivity contribution in [3.63, 3.8) is 0 Å². The van der Waals surface area contributed by atoms with Crippen LogP contribution in [0, 0.1) is 6.92 Å². The molecule has 0 aliphatic heterocycles. The fraction of sp³-hybridized carbons (Fsp3) is 0.214. The Labute approximate surface area is 125 Å². The van der Waals surface area contributed by atoms with Crippen LogP contribution in [0.4, 0.5) is 5.95 Å². The topological polar surface area (TPSA) is 70.1 Å². The number of halogens is 1. The standard InChI is InChI=1S/C14H15BrN4O/c1-3-12(10-4-6-11(15)7-5-10)18-19-14-16-9(2)8-13(20)17-14/h4-8H,3H2,1-2H3,(H2,16,17,19,20)/b18-12-. The largest absolute Gasteiger partial charge is 0.291 e. The average Bonchev–Trinajstić information content (AvgIpc) is 2.40. The van der Waals surface area contributed by atoms with Gasteiger partial charge in [0.05, 0.1) is 5.71 Å². The molecule has 0 radical (unpaired) electrons. The number of hydrazone groups is 1. The normalized spacial score (nSPS) is 11.4. The second kappa shape index (κ2) is 6.47. The number of nitrogens with zero attached hydrogens (tertiary/aromatic N) is 2. The zero-order valence-electron chi connectivity index (χ0n) is 11.3. The van der Waals surface area contributed by atoms with Crippen molar-refractivity contribution in [3.8, 4) is 0 Å². The lowest BCUT2D eigenvalue weighted by Crippen LogP contribution is -2.12. The van der Waals surface area contributed by atoms with Crippen LogP contribution in [-0.4, -0.2) is 15.7 Å². The highest BCUT2D eigenvalue weighted by Crippen LogP contribution is 2.12. The van der Waals surface area contributed by atoms with Gasteiger partial charge in [-0.1, -0.05) is 35.0 Å². The highest BCUT2D eigenvalue weighted by atomic mass is 79.9. The molecule has 2 aromatic rings. The van der Waals surface area contributed by atoms with E-state index in [2.05, 4.69) is 36.4 Å². The fourth-order valence-corrected chi connectivity index (χ4v) is 2.01. The molecule has 0 saturated carbocycles. The Balaban J connectivity index is 2.23. The van der Waals surface area contributed by atoms with E-state index < -0.39 is 0 Å². The van der Waals surface area contributed by atoms with Crippen molar-refractivity contribution in [2.24, 2.45) is 5.10 Å². The minimum Gasteiger partial charge on any atom is -0.291 e. The lowest BCUT2D eigenvalue weighted by Gasteiger charge is -2.06. The Hall–Kier alpha value is -1.95. The number of hydrogen-bond donors (Lipinski definition) is 2. The molecule has 1 aromatic heterocycles. The molecule has 2 rings (SSSR count). The summed E-state index contributed by atoms with van der Waals surface area (Å²) in [7, 11) is 0. The van der Waals surface area contributed by atoms with E-state index in [4.69, 9.17) is 0 Å². The van der Waals surface area contributed by atoms with Crippen molar-refractivity contribution in [2.45, 2.75) is 20.3 Å². The average molecular weight is 335 g/mol. The van der Waals surface area contributed by atoms with Crippen LogP contribution < -0.4 is 11.0 Å². The molecule has 0 aliphatic carbocycles. The number of hydrogen-bond acceptors (Lipinski definition) is 4. The Morgan fingerprint density at radius 1 is 1.40 bits per heavy atom. The van der Waals surface area contributed by atoms with Crippen LogP contribution in [0.25, 0.3) is 0 Å². The van der Waals surface area contributed by atoms with E-state index in [0.717, 1.165) is 22.2 Å². The van der Waals surface area contributed by atoms with E-state index in [9.17, 15) is 4.79 Å². The van der Waals surface area contributed by atoms with Gasteiger partial charge in [-0.2, -0.15) is 5.10 Å². The van der Waals surface area contributed by atoms with Gasteiger partial charge in [0.2, 0.25) is 5.95 Å². The molecule has 0 fully saturated rings. The van der Waals surface area contributed by atoms with Crippen molar-refractivity contribution in [3.05, 3.63) is 56.4 Å². The number of aromatic nitrogens is 2. The van der Waals surface area contributed by atoms with Crippen LogP contribution in [0.15, 0.2) is 44.7 Å². The molecule has 20 heavy (non-hydrogen) atoms. The first-order chi connectivity index (χ1) is 9.58. The van der Waals surface area contributed by atoms with Crippen LogP contribution in [0.1, 0.15) is 24.6 Å². The summed E-state index contributed by atoms with van der Waals surface area (Å²) in [6, 6.07) is 9.34. The number of H-pyrrole nitrogens is 1. The number of aryl methyl sites for hydroxylation is 1. The molecular weight excluding hydrogens is 320 g/mol. The molecule has 0 aliphatic rings. The van der Waals surface area contributed by atoms with Gasteiger partial charge in [0, 0.05) is 16.2 Å². The number of benzene rings is 1. The minimum absolute atomic E-state index is 0.197. The molecule has 1 aromatic carbocycles. The Morgan fingerprint density at radius 2 is 2.10 bits per heavy atom. The predicted molar refractivity (Wildman–Crippen MR) is 84.2 cm³/mol. The summed E-state index contributed by atoms with van der Waals surface area (Å²) in [5.41, 5.74) is 5.17. The second-order valence-corrected chi connectivity index (χ2v) is 5.18. The van der Waals surface area contributed by atoms with E-state index in [1.165, 1.54) is 6.07 Å². The molecule has 0 saturated heterocycles. The number of anilines is 1. The van der Waals surface area contributed by atoms with Crippen LogP contribution in [0.2, 0.25) is 0 Å². The zero-order valence-corrected chi connectivity index (χ0v) is 12.9. The van der Waals surface area contributed by atoms with Gasteiger partial charge < -0.3 is 0 Å². The first-order valence-electron chi connectivity index (χ1n) is 6.25. The van der Waals surface area contributed by atoms with E-state index in [0.29, 0.717) is 11.6 Å². The molecule has 5 nitrogen and oxygen atoms in total. The van der Waals surface area contributed by atoms with E-state index in [1.807, 2.05) is 31.2 Å². The van der Waals surface area contributed by atoms with Crippen molar-refractivity contribution >= 4 is 27.6 Å². The first kappa shape index (κ1) is 14.5. The van der Waals surface area contributed by atoms with Gasteiger partial charge in [-0.3, -0.25) is 9.78 Å². The van der Waals surface area contributed by atoms with Crippen LogP contribution in [-0.2, 0) is 0 Å². The number of rotatable bonds is 4. The lowest BCUT2D eigenvalue weighted by atomic mass is 10.1. The summed E-state index contributed by atoms with van der Waals surface area (Å²) in [6.07, 6.45) is 0.769. The Kier molecular flexibility index (Phi) is 4.68. The monoisotopic (exact) mass is 334 g/mol. The molecule has 6 heteroatoms. The maximum absolute atomic E-state index is 11.3. The quantitative estimate of drug-likeness (QED) is 0.666. The van der Waals surface area contributed by atoms with Crippen LogP contribution >= 0.6 is 15.9 Å². The molecule has 0 amide bonds. The van der Waals surface area contributed by atoms with E-state index >= 15 is 0 Å². The van der Waals surface area contributed by atoms with Crippen molar-refractivity contribution in [2.75, 3.05) is 5.43 Å². The van der Waals surface area contributed by atoms with Crippen molar-refractivity contribution in [1.82, 2.24) is 9.97 Å². The summed E-state index contributed by atoms with van der Waals surface area (Å²) in [5.74, 6) is 0.345. The Morgan fingerprint density at radius 3 is 2.70 bits per heavy atom. The minimum atomic E-state index is -0.197. The summed E-state index contributed by atoms with van der Waals surface area (Å²) in [5, 5.41) is 4.31. The SMILES string of the molecule is CC/C(=N/Nc1nc(C)cc(=O)[nH]1)c1ccc(Br)cc1. The highest BCUT2D eigenvalue weighted by Gasteiger charge is 2.02. The maximum Gasteiger partial charge on any atom is 0.252 e. The predicted octanol–water partition coefficient (Wildman–Crippen LogP) is 3.07. The maximum atomic E-state index is 11.3. The summed E-state index contributed by atoms with van der Waals surface area (Å²) in [4.78, 5) is 18.1. The number of nitrogens with one attached hydrogen (secondary N) is 2. The lowest BCUT2D eigenvalue weighted by molar-refractivity contribution is 1.04. The van der Waals surface area contributed by atoms with E-state index in [1.54, 1.807) is 6.92 Å². The third-order valence-corrected chi connectivity index (χ3v) is 3.21. The number of aromatic amines is 1. The van der Waals surface area contributed by atoms with Crippen molar-refractivity contribution in [1.29, 1.82) is 0 Å². The summed E-state index contributed by atoms with van der Waals surface area (Å²) >= 11 is 3.40. The summed E-state index contributed by atoms with van der Waals surface area (Å²) < 4.78 is 1.02. The zero-order chi connectivity index (χ0) is 14.5. The van der Waals surface area contributed by atoms with Gasteiger partial charge in [-0.25, -0.2) is 10.4 Å². The van der Waals surface area contributed by atoms with Crippen LogP contribution in [0.3, 0.4) is 0 Å². The van der Waals surface area contributed by atoms with Gasteiger partial charge >= 0.3 is 0 Å². The van der Waals surface area contributed by atoms with Gasteiger partial charge in [0.1, 0.15) is 0 Å². The molecule has 1 heterocycles.